The van der Waals surface area contributed by atoms with Crippen molar-refractivity contribution in [2.24, 2.45) is 5.92 Å². The monoisotopic (exact) mass is 494 g/mol. The van der Waals surface area contributed by atoms with Crippen LogP contribution in [0.5, 0.6) is 0 Å². The molecule has 1 amide bonds. The van der Waals surface area contributed by atoms with Crippen LogP contribution in [0.4, 0.5) is 5.69 Å². The Kier molecular flexibility index (Phi) is 8.08. The van der Waals surface area contributed by atoms with E-state index in [-0.39, 0.29) is 5.91 Å². The molecule has 1 aromatic heterocycles. The number of morpholine rings is 1. The van der Waals surface area contributed by atoms with Crippen LogP contribution in [-0.2, 0) is 16.1 Å². The summed E-state index contributed by atoms with van der Waals surface area (Å²) in [7, 11) is 1.84. The molecule has 1 aliphatic heterocycles. The van der Waals surface area contributed by atoms with Crippen molar-refractivity contribution in [2.75, 3.05) is 38.3 Å². The first-order chi connectivity index (χ1) is 18.2. The van der Waals surface area contributed by atoms with Crippen LogP contribution < -0.4 is 4.90 Å². The first-order valence-corrected chi connectivity index (χ1v) is 13.0. The van der Waals surface area contributed by atoms with Gasteiger partial charge in [-0.05, 0) is 48.2 Å². The molecule has 4 aromatic rings. The number of anilines is 1. The van der Waals surface area contributed by atoms with Gasteiger partial charge in [0.15, 0.2) is 0 Å². The van der Waals surface area contributed by atoms with Crippen LogP contribution in [0.3, 0.4) is 0 Å². The van der Waals surface area contributed by atoms with Crippen LogP contribution >= 0.6 is 0 Å². The molecule has 1 aliphatic carbocycles. The third-order valence-corrected chi connectivity index (χ3v) is 6.82. The lowest BCUT2D eigenvalue weighted by Crippen LogP contribution is -2.35. The average Bonchev–Trinajstić information content (AvgIpc) is 3.73. The largest absolute Gasteiger partial charge is 0.379 e. The highest BCUT2D eigenvalue weighted by molar-refractivity contribution is 5.95. The highest BCUT2D eigenvalue weighted by Gasteiger charge is 2.32. The number of H-pyrrole nitrogens is 1. The van der Waals surface area contributed by atoms with Crippen molar-refractivity contribution in [1.29, 1.82) is 0 Å². The van der Waals surface area contributed by atoms with Crippen LogP contribution in [-0.4, -0.2) is 54.4 Å². The molecule has 0 unspecified atom stereocenters. The third kappa shape index (κ3) is 6.73. The second-order valence-electron chi connectivity index (χ2n) is 9.62. The number of aromatic nitrogens is 2. The SMILES string of the molecule is C(=C\c1n[nH]c2ccccc12)/c1ccc(CN2CCOCC2)cc1.CN(C(=O)C1CC1)c1ccccc1. The summed E-state index contributed by atoms with van der Waals surface area (Å²) in [6.07, 6.45) is 6.31. The smallest absolute Gasteiger partial charge is 0.229 e. The van der Waals surface area contributed by atoms with Crippen molar-refractivity contribution in [1.82, 2.24) is 15.1 Å². The van der Waals surface area contributed by atoms with Gasteiger partial charge >= 0.3 is 0 Å². The molecule has 190 valence electrons. The maximum atomic E-state index is 11.6. The molecule has 2 aliphatic rings. The predicted octanol–water partition coefficient (Wildman–Crippen LogP) is 5.62. The van der Waals surface area contributed by atoms with Gasteiger partial charge < -0.3 is 9.64 Å². The first-order valence-electron chi connectivity index (χ1n) is 13.0. The van der Waals surface area contributed by atoms with Crippen LogP contribution in [0, 0.1) is 5.92 Å². The summed E-state index contributed by atoms with van der Waals surface area (Å²) in [5.41, 5.74) is 5.56. The number of carbonyl (C=O) groups is 1. The quantitative estimate of drug-likeness (QED) is 0.378. The number of aromatic amines is 1. The van der Waals surface area contributed by atoms with Crippen LogP contribution in [0.1, 0.15) is 29.7 Å². The number of fused-ring (bicyclic) bond motifs is 1. The highest BCUT2D eigenvalue weighted by Crippen LogP contribution is 2.32. The number of nitrogens with zero attached hydrogens (tertiary/aromatic N) is 3. The number of rotatable bonds is 6. The molecule has 37 heavy (non-hydrogen) atoms. The Bertz CT molecular complexity index is 1320. The summed E-state index contributed by atoms with van der Waals surface area (Å²) in [5.74, 6) is 0.552. The van der Waals surface area contributed by atoms with E-state index in [2.05, 4.69) is 57.6 Å². The summed E-state index contributed by atoms with van der Waals surface area (Å²) in [4.78, 5) is 15.8. The Labute approximate surface area is 218 Å². The van der Waals surface area contributed by atoms with Crippen molar-refractivity contribution >= 4 is 34.6 Å². The van der Waals surface area contributed by atoms with E-state index in [4.69, 9.17) is 4.74 Å². The molecule has 0 spiro atoms. The number of nitrogens with one attached hydrogen (secondary N) is 1. The lowest BCUT2D eigenvalue weighted by Gasteiger charge is -2.26. The summed E-state index contributed by atoms with van der Waals surface area (Å²) in [5, 5.41) is 8.59. The first kappa shape index (κ1) is 24.9. The van der Waals surface area contributed by atoms with E-state index in [0.29, 0.717) is 5.92 Å². The average molecular weight is 495 g/mol. The molecule has 0 radical (unpaired) electrons. The summed E-state index contributed by atoms with van der Waals surface area (Å²) in [6, 6.07) is 26.7. The van der Waals surface area contributed by atoms with E-state index in [1.807, 2.05) is 55.6 Å². The molecule has 2 heterocycles. The molecule has 3 aromatic carbocycles. The van der Waals surface area contributed by atoms with Gasteiger partial charge in [-0.2, -0.15) is 5.10 Å². The van der Waals surface area contributed by atoms with Gasteiger partial charge in [-0.1, -0.05) is 66.7 Å². The Morgan fingerprint density at radius 2 is 1.68 bits per heavy atom. The molecular weight excluding hydrogens is 460 g/mol. The van der Waals surface area contributed by atoms with Gasteiger partial charge in [-0.3, -0.25) is 14.8 Å². The van der Waals surface area contributed by atoms with E-state index in [9.17, 15) is 4.79 Å². The van der Waals surface area contributed by atoms with Crippen LogP contribution in [0.25, 0.3) is 23.1 Å². The highest BCUT2D eigenvalue weighted by atomic mass is 16.5. The van der Waals surface area contributed by atoms with Gasteiger partial charge in [0.25, 0.3) is 0 Å². The molecule has 6 nitrogen and oxygen atoms in total. The summed E-state index contributed by atoms with van der Waals surface area (Å²) in [6.45, 7) is 4.73. The van der Waals surface area contributed by atoms with Crippen molar-refractivity contribution in [3.05, 3.63) is 95.7 Å². The number of carbonyl (C=O) groups excluding carboxylic acids is 1. The van der Waals surface area contributed by atoms with Gasteiger partial charge in [0.1, 0.15) is 0 Å². The fraction of sp³-hybridized carbons (Fsp3) is 0.290. The van der Waals surface area contributed by atoms with Crippen LogP contribution in [0.15, 0.2) is 78.9 Å². The minimum atomic E-state index is 0.256. The molecule has 1 saturated heterocycles. The molecule has 0 atom stereocenters. The molecule has 0 bridgehead atoms. The van der Waals surface area contributed by atoms with Crippen molar-refractivity contribution in [3.8, 4) is 0 Å². The van der Waals surface area contributed by atoms with E-state index < -0.39 is 0 Å². The topological polar surface area (TPSA) is 61.5 Å². The number of hydrogen-bond donors (Lipinski definition) is 1. The fourth-order valence-corrected chi connectivity index (χ4v) is 4.42. The molecule has 2 fully saturated rings. The zero-order valence-corrected chi connectivity index (χ0v) is 21.3. The number of benzene rings is 3. The zero-order valence-electron chi connectivity index (χ0n) is 21.3. The van der Waals surface area contributed by atoms with Crippen molar-refractivity contribution < 1.29 is 9.53 Å². The minimum Gasteiger partial charge on any atom is -0.379 e. The lowest BCUT2D eigenvalue weighted by molar-refractivity contribution is -0.119. The van der Waals surface area contributed by atoms with Gasteiger partial charge in [0, 0.05) is 43.7 Å². The third-order valence-electron chi connectivity index (χ3n) is 6.82. The maximum absolute atomic E-state index is 11.6. The zero-order chi connectivity index (χ0) is 25.5. The van der Waals surface area contributed by atoms with Crippen molar-refractivity contribution in [2.45, 2.75) is 19.4 Å². The predicted molar refractivity (Wildman–Crippen MR) is 150 cm³/mol. The van der Waals surface area contributed by atoms with E-state index >= 15 is 0 Å². The van der Waals surface area contributed by atoms with Crippen molar-refractivity contribution in [3.63, 3.8) is 0 Å². The maximum Gasteiger partial charge on any atom is 0.229 e. The molecule has 1 N–H and O–H groups in total. The molecule has 1 saturated carbocycles. The Balaban J connectivity index is 0.000000182. The van der Waals surface area contributed by atoms with E-state index in [0.717, 1.165) is 68.0 Å². The van der Waals surface area contributed by atoms with E-state index in [1.165, 1.54) is 11.1 Å². The Morgan fingerprint density at radius 3 is 2.41 bits per heavy atom. The van der Waals surface area contributed by atoms with Gasteiger partial charge in [-0.15, -0.1) is 0 Å². The Morgan fingerprint density at radius 1 is 0.973 bits per heavy atom. The van der Waals surface area contributed by atoms with Crippen LogP contribution in [0.2, 0.25) is 0 Å². The van der Waals surface area contributed by atoms with Gasteiger partial charge in [0.2, 0.25) is 5.91 Å². The Hall–Kier alpha value is -3.74. The second kappa shape index (κ2) is 12.0. The molecule has 6 heteroatoms. The fourth-order valence-electron chi connectivity index (χ4n) is 4.42. The number of para-hydroxylation sites is 2. The standard InChI is InChI=1S/C20H21N3O.C11H13NO/c1-2-4-19-18(3-1)20(22-21-19)10-9-16-5-7-17(8-6-16)15-23-11-13-24-14-12-23;1-12(11(13)9-7-8-9)10-5-3-2-4-6-10/h1-10H,11-15H2,(H,21,22);2-6,9H,7-8H2,1H3/b10-9+;. The molecule has 6 rings (SSSR count). The number of amides is 1. The second-order valence-corrected chi connectivity index (χ2v) is 9.62. The van der Waals surface area contributed by atoms with Gasteiger partial charge in [0.05, 0.1) is 24.4 Å². The normalized spacial score (nSPS) is 15.9. The minimum absolute atomic E-state index is 0.256. The van der Waals surface area contributed by atoms with Gasteiger partial charge in [-0.25, -0.2) is 0 Å². The van der Waals surface area contributed by atoms with E-state index in [1.54, 1.807) is 4.90 Å². The summed E-state index contributed by atoms with van der Waals surface area (Å²) < 4.78 is 5.40. The number of hydrogen-bond acceptors (Lipinski definition) is 4. The number of ether oxygens (including phenoxy) is 1. The lowest BCUT2D eigenvalue weighted by atomic mass is 10.1. The molecular formula is C31H34N4O2. The summed E-state index contributed by atoms with van der Waals surface area (Å²) >= 11 is 0.